The molecule has 1 unspecified atom stereocenters. The van der Waals surface area contributed by atoms with Crippen molar-refractivity contribution in [1.29, 1.82) is 0 Å². The number of carbonyl (C=O) groups is 1. The third-order valence-corrected chi connectivity index (χ3v) is 6.32. The minimum Gasteiger partial charge on any atom is -0.417 e. The van der Waals surface area contributed by atoms with E-state index in [0.717, 1.165) is 16.3 Å². The van der Waals surface area contributed by atoms with Crippen molar-refractivity contribution in [1.82, 2.24) is 34.7 Å². The van der Waals surface area contributed by atoms with Gasteiger partial charge in [0.1, 0.15) is 11.7 Å². The molecular weight excluding hydrogens is 477 g/mol. The first kappa shape index (κ1) is 21.7. The van der Waals surface area contributed by atoms with Crippen LogP contribution in [0, 0.1) is 0 Å². The van der Waals surface area contributed by atoms with Crippen molar-refractivity contribution >= 4 is 11.4 Å². The fraction of sp³-hybridized carbons (Fsp3) is 0.381. The third kappa shape index (κ3) is 3.54. The van der Waals surface area contributed by atoms with E-state index in [1.165, 1.54) is 29.4 Å². The topological polar surface area (TPSA) is 105 Å². The molecule has 182 valence electrons. The maximum absolute atomic E-state index is 13.5. The lowest BCUT2D eigenvalue weighted by molar-refractivity contribution is -0.142. The minimum atomic E-state index is -4.64. The lowest BCUT2D eigenvalue weighted by atomic mass is 9.81. The van der Waals surface area contributed by atoms with E-state index < -0.39 is 48.5 Å². The number of imidazole rings is 1. The number of fused-ring (bicyclic) bond motifs is 2. The van der Waals surface area contributed by atoms with Gasteiger partial charge in [0.25, 0.3) is 0 Å². The quantitative estimate of drug-likeness (QED) is 0.436. The summed E-state index contributed by atoms with van der Waals surface area (Å²) in [5.74, 6) is -4.56. The number of nitrogens with one attached hydrogen (secondary N) is 1. The molecule has 6 rings (SSSR count). The largest absolute Gasteiger partial charge is 0.433 e. The van der Waals surface area contributed by atoms with Crippen LogP contribution in [0.3, 0.4) is 0 Å². The first-order chi connectivity index (χ1) is 16.6. The molecule has 0 spiro atoms. The summed E-state index contributed by atoms with van der Waals surface area (Å²) in [6, 6.07) is 4.20. The zero-order valence-electron chi connectivity index (χ0n) is 17.8. The van der Waals surface area contributed by atoms with Gasteiger partial charge >= 0.3 is 18.0 Å². The van der Waals surface area contributed by atoms with Crippen molar-refractivity contribution in [3.05, 3.63) is 65.1 Å². The van der Waals surface area contributed by atoms with Gasteiger partial charge in [-0.2, -0.15) is 18.3 Å². The molecule has 5 heterocycles. The monoisotopic (exact) mass is 493 g/mol. The van der Waals surface area contributed by atoms with Crippen LogP contribution in [0.15, 0.2) is 35.0 Å². The van der Waals surface area contributed by atoms with Crippen LogP contribution in [0.5, 0.6) is 0 Å². The van der Waals surface area contributed by atoms with Gasteiger partial charge in [-0.25, -0.2) is 18.3 Å². The lowest BCUT2D eigenvalue weighted by Gasteiger charge is -2.33. The highest BCUT2D eigenvalue weighted by molar-refractivity contribution is 5.90. The Morgan fingerprint density at radius 2 is 2.00 bits per heavy atom. The molecule has 14 heteroatoms. The standard InChI is InChI=1S/C21H16F5N7O2/c22-20(23)7-10(8-20)17-29-30-18(35-17)19(34)32-5-4-12-15(28-9-27-12)16(32)13-6-11-2-1-3-14(21(24,25)26)33(11)31-13/h1-3,6,9-10,16H,4-5,7-8H2,(H,27,28). The van der Waals surface area contributed by atoms with Crippen molar-refractivity contribution in [3.8, 4) is 0 Å². The summed E-state index contributed by atoms with van der Waals surface area (Å²) in [5.41, 5.74) is 0.545. The molecule has 0 aromatic carbocycles. The van der Waals surface area contributed by atoms with E-state index in [-0.39, 0.29) is 29.5 Å². The number of aromatic nitrogens is 6. The Bertz CT molecular complexity index is 1430. The Morgan fingerprint density at radius 1 is 1.20 bits per heavy atom. The number of hydrogen-bond donors (Lipinski definition) is 1. The molecule has 1 aliphatic heterocycles. The van der Waals surface area contributed by atoms with Gasteiger partial charge in [-0.15, -0.1) is 10.2 Å². The molecule has 2 aliphatic rings. The van der Waals surface area contributed by atoms with Gasteiger partial charge in [0, 0.05) is 37.4 Å². The van der Waals surface area contributed by atoms with E-state index in [0.29, 0.717) is 12.1 Å². The molecule has 4 aromatic heterocycles. The number of H-pyrrole nitrogens is 1. The van der Waals surface area contributed by atoms with E-state index in [9.17, 15) is 26.7 Å². The van der Waals surface area contributed by atoms with Gasteiger partial charge in [0.05, 0.1) is 23.2 Å². The molecule has 35 heavy (non-hydrogen) atoms. The summed E-state index contributed by atoms with van der Waals surface area (Å²) >= 11 is 0. The second kappa shape index (κ2) is 7.33. The molecule has 1 N–H and O–H groups in total. The molecule has 4 aromatic rings. The molecule has 0 bridgehead atoms. The van der Waals surface area contributed by atoms with Gasteiger partial charge in [-0.1, -0.05) is 6.07 Å². The Hall–Kier alpha value is -3.84. The van der Waals surface area contributed by atoms with Gasteiger partial charge in [-0.3, -0.25) is 4.79 Å². The third-order valence-electron chi connectivity index (χ3n) is 6.32. The molecule has 1 atom stereocenters. The molecule has 9 nitrogen and oxygen atoms in total. The van der Waals surface area contributed by atoms with Gasteiger partial charge in [-0.05, 0) is 18.2 Å². The van der Waals surface area contributed by atoms with Crippen LogP contribution < -0.4 is 0 Å². The number of halogens is 5. The molecule has 1 amide bonds. The number of carbonyl (C=O) groups excluding carboxylic acids is 1. The van der Waals surface area contributed by atoms with E-state index in [2.05, 4.69) is 25.3 Å². The van der Waals surface area contributed by atoms with Crippen molar-refractivity contribution < 1.29 is 31.2 Å². The molecule has 1 saturated carbocycles. The van der Waals surface area contributed by atoms with Crippen LogP contribution in [0.4, 0.5) is 22.0 Å². The predicted octanol–water partition coefficient (Wildman–Crippen LogP) is 3.76. The highest BCUT2D eigenvalue weighted by Gasteiger charge is 2.49. The lowest BCUT2D eigenvalue weighted by Crippen LogP contribution is -2.41. The second-order valence-electron chi connectivity index (χ2n) is 8.64. The predicted molar refractivity (Wildman–Crippen MR) is 107 cm³/mol. The Balaban J connectivity index is 1.38. The minimum absolute atomic E-state index is 0.0455. The number of aromatic amines is 1. The molecule has 0 saturated heterocycles. The number of pyridine rings is 1. The fourth-order valence-electron chi connectivity index (χ4n) is 4.62. The Morgan fingerprint density at radius 3 is 2.74 bits per heavy atom. The van der Waals surface area contributed by atoms with Crippen molar-refractivity contribution in [3.63, 3.8) is 0 Å². The summed E-state index contributed by atoms with van der Waals surface area (Å²) in [7, 11) is 0. The zero-order valence-corrected chi connectivity index (χ0v) is 17.8. The zero-order chi connectivity index (χ0) is 24.5. The Labute approximate surface area is 193 Å². The summed E-state index contributed by atoms with van der Waals surface area (Å²) in [6.07, 6.45) is -3.68. The molecule has 1 aliphatic carbocycles. The smallest absolute Gasteiger partial charge is 0.417 e. The number of amides is 1. The van der Waals surface area contributed by atoms with Crippen LogP contribution in [-0.4, -0.2) is 53.1 Å². The summed E-state index contributed by atoms with van der Waals surface area (Å²) < 4.78 is 73.2. The average Bonchev–Trinajstić information content (AvgIpc) is 3.53. The van der Waals surface area contributed by atoms with Crippen molar-refractivity contribution in [2.24, 2.45) is 0 Å². The first-order valence-electron chi connectivity index (χ1n) is 10.7. The number of hydrogen-bond acceptors (Lipinski definition) is 6. The van der Waals surface area contributed by atoms with Crippen molar-refractivity contribution in [2.45, 2.75) is 43.3 Å². The SMILES string of the molecule is O=C(c1nnc(C2CC(F)(F)C2)o1)N1CCc2[nH]cnc2C1c1cc2cccc(C(F)(F)F)n2n1. The normalized spacial score (nSPS) is 20.1. The highest BCUT2D eigenvalue weighted by Crippen LogP contribution is 2.48. The molecule has 0 radical (unpaired) electrons. The van der Waals surface area contributed by atoms with Crippen molar-refractivity contribution in [2.75, 3.05) is 6.54 Å². The van der Waals surface area contributed by atoms with E-state index in [1.54, 1.807) is 0 Å². The van der Waals surface area contributed by atoms with Crippen LogP contribution in [0.1, 0.15) is 64.2 Å². The number of nitrogens with zero attached hydrogens (tertiary/aromatic N) is 6. The Kier molecular flexibility index (Phi) is 4.54. The van der Waals surface area contributed by atoms with Gasteiger partial charge < -0.3 is 14.3 Å². The van der Waals surface area contributed by atoms with E-state index in [1.807, 2.05) is 0 Å². The van der Waals surface area contributed by atoms with Crippen LogP contribution in [-0.2, 0) is 12.6 Å². The van der Waals surface area contributed by atoms with E-state index >= 15 is 0 Å². The van der Waals surface area contributed by atoms with Gasteiger partial charge in [0.15, 0.2) is 0 Å². The maximum atomic E-state index is 13.5. The van der Waals surface area contributed by atoms with Crippen LogP contribution in [0.25, 0.3) is 5.52 Å². The van der Waals surface area contributed by atoms with E-state index in [4.69, 9.17) is 4.42 Å². The second-order valence-corrected chi connectivity index (χ2v) is 8.64. The van der Waals surface area contributed by atoms with Crippen LogP contribution in [0.2, 0.25) is 0 Å². The number of alkyl halides is 5. The number of rotatable bonds is 3. The summed E-state index contributed by atoms with van der Waals surface area (Å²) in [4.78, 5) is 22.0. The summed E-state index contributed by atoms with van der Waals surface area (Å²) in [6.45, 7) is 0.165. The van der Waals surface area contributed by atoms with Crippen LogP contribution >= 0.6 is 0 Å². The summed E-state index contributed by atoms with van der Waals surface area (Å²) in [5, 5.41) is 11.7. The molecule has 1 fully saturated rings. The first-order valence-corrected chi connectivity index (χ1v) is 10.7. The maximum Gasteiger partial charge on any atom is 0.433 e. The average molecular weight is 493 g/mol. The molecular formula is C21H16F5N7O2. The highest BCUT2D eigenvalue weighted by atomic mass is 19.4. The van der Waals surface area contributed by atoms with Gasteiger partial charge in [0.2, 0.25) is 11.8 Å². The fourth-order valence-corrected chi connectivity index (χ4v) is 4.62.